The Hall–Kier alpha value is -0.230. The van der Waals surface area contributed by atoms with Crippen LogP contribution in [0.2, 0.25) is 0 Å². The summed E-state index contributed by atoms with van der Waals surface area (Å²) in [6.07, 6.45) is 0. The van der Waals surface area contributed by atoms with Crippen LogP contribution >= 0.6 is 34.4 Å². The van der Waals surface area contributed by atoms with E-state index in [9.17, 15) is 4.79 Å². The molecule has 2 nitrogen and oxygen atoms in total. The van der Waals surface area contributed by atoms with Crippen LogP contribution in [0.5, 0.6) is 0 Å². The van der Waals surface area contributed by atoms with E-state index in [0.29, 0.717) is 0 Å². The second-order valence-electron chi connectivity index (χ2n) is 2.72. The summed E-state index contributed by atoms with van der Waals surface area (Å²) in [5.74, 6) is 0. The van der Waals surface area contributed by atoms with Crippen LogP contribution in [0.15, 0.2) is 29.2 Å². The normalized spacial score (nSPS) is 9.77. The predicted molar refractivity (Wildman–Crippen MR) is 64.1 cm³/mol. The molecule has 0 aromatic heterocycles. The molecule has 1 rings (SSSR count). The van der Waals surface area contributed by atoms with E-state index in [4.69, 9.17) is 0 Å². The lowest BCUT2D eigenvalue weighted by molar-refractivity contribution is 0.241. The summed E-state index contributed by atoms with van der Waals surface area (Å²) >= 11 is 3.48. The fourth-order valence-electron chi connectivity index (χ4n) is 0.695. The summed E-state index contributed by atoms with van der Waals surface area (Å²) in [7, 11) is 3.50. The molecule has 4 heteroatoms. The number of benzene rings is 1. The molecule has 1 aromatic carbocycles. The number of rotatable bonds is 1. The standard InChI is InChI=1S/C9H10INOS/c1-11(2)9(12)13-8-5-3-7(10)4-6-8/h3-6H,1-2H3. The molecule has 70 valence electrons. The lowest BCUT2D eigenvalue weighted by Crippen LogP contribution is -2.15. The first kappa shape index (κ1) is 10.8. The Morgan fingerprint density at radius 1 is 1.31 bits per heavy atom. The van der Waals surface area contributed by atoms with Crippen LogP contribution < -0.4 is 0 Å². The second-order valence-corrected chi connectivity index (χ2v) is 4.99. The number of halogens is 1. The molecule has 0 saturated heterocycles. The van der Waals surface area contributed by atoms with Crippen LogP contribution in [0, 0.1) is 3.57 Å². The molecule has 0 N–H and O–H groups in total. The number of hydrogen-bond acceptors (Lipinski definition) is 2. The van der Waals surface area contributed by atoms with Gasteiger partial charge in [0.15, 0.2) is 0 Å². The van der Waals surface area contributed by atoms with Crippen molar-refractivity contribution in [1.29, 1.82) is 0 Å². The highest BCUT2D eigenvalue weighted by molar-refractivity contribution is 14.1. The Kier molecular flexibility index (Phi) is 4.05. The molecule has 1 aromatic rings. The molecular weight excluding hydrogens is 297 g/mol. The minimum absolute atomic E-state index is 0.0567. The lowest BCUT2D eigenvalue weighted by Gasteiger charge is -2.08. The van der Waals surface area contributed by atoms with Gasteiger partial charge in [0.25, 0.3) is 5.24 Å². The van der Waals surface area contributed by atoms with Crippen molar-refractivity contribution in [1.82, 2.24) is 4.90 Å². The van der Waals surface area contributed by atoms with E-state index < -0.39 is 0 Å². The first-order valence-electron chi connectivity index (χ1n) is 3.74. The van der Waals surface area contributed by atoms with Crippen molar-refractivity contribution in [2.24, 2.45) is 0 Å². The fraction of sp³-hybridized carbons (Fsp3) is 0.222. The van der Waals surface area contributed by atoms with Gasteiger partial charge in [0.05, 0.1) is 0 Å². The summed E-state index contributed by atoms with van der Waals surface area (Å²) in [5.41, 5.74) is 0. The van der Waals surface area contributed by atoms with Crippen LogP contribution in [-0.2, 0) is 0 Å². The molecule has 1 amide bonds. The quantitative estimate of drug-likeness (QED) is 0.587. The van der Waals surface area contributed by atoms with Crippen molar-refractivity contribution in [3.8, 4) is 0 Å². The minimum Gasteiger partial charge on any atom is -0.339 e. The van der Waals surface area contributed by atoms with E-state index in [-0.39, 0.29) is 5.24 Å². The highest BCUT2D eigenvalue weighted by Crippen LogP contribution is 2.21. The van der Waals surface area contributed by atoms with Gasteiger partial charge in [0.1, 0.15) is 0 Å². The Morgan fingerprint density at radius 2 is 1.85 bits per heavy atom. The highest BCUT2D eigenvalue weighted by Gasteiger charge is 2.05. The van der Waals surface area contributed by atoms with Gasteiger partial charge in [-0.25, -0.2) is 0 Å². The maximum Gasteiger partial charge on any atom is 0.285 e. The third-order valence-corrected chi connectivity index (χ3v) is 3.15. The molecule has 0 bridgehead atoms. The van der Waals surface area contributed by atoms with E-state index in [2.05, 4.69) is 22.6 Å². The molecule has 0 heterocycles. The molecule has 0 aliphatic rings. The Bertz CT molecular complexity index is 297. The molecule has 0 aliphatic carbocycles. The van der Waals surface area contributed by atoms with E-state index in [0.717, 1.165) is 4.90 Å². The lowest BCUT2D eigenvalue weighted by atomic mass is 10.4. The van der Waals surface area contributed by atoms with Crippen molar-refractivity contribution in [2.75, 3.05) is 14.1 Å². The van der Waals surface area contributed by atoms with E-state index in [1.807, 2.05) is 24.3 Å². The number of thioether (sulfide) groups is 1. The SMILES string of the molecule is CN(C)C(=O)Sc1ccc(I)cc1. The van der Waals surface area contributed by atoms with Crippen molar-refractivity contribution >= 4 is 39.6 Å². The average Bonchev–Trinajstić information content (AvgIpc) is 2.08. The minimum atomic E-state index is 0.0567. The van der Waals surface area contributed by atoms with Gasteiger partial charge >= 0.3 is 0 Å². The molecule has 0 atom stereocenters. The highest BCUT2D eigenvalue weighted by atomic mass is 127. The number of nitrogens with zero attached hydrogens (tertiary/aromatic N) is 1. The van der Waals surface area contributed by atoms with Crippen LogP contribution in [0.1, 0.15) is 0 Å². The van der Waals surface area contributed by atoms with Gasteiger partial charge in [-0.15, -0.1) is 0 Å². The number of carbonyl (C=O) groups excluding carboxylic acids is 1. The zero-order valence-electron chi connectivity index (χ0n) is 7.45. The number of hydrogen-bond donors (Lipinski definition) is 0. The Morgan fingerprint density at radius 3 is 2.31 bits per heavy atom. The molecule has 0 saturated carbocycles. The third kappa shape index (κ3) is 3.56. The summed E-state index contributed by atoms with van der Waals surface area (Å²) in [6.45, 7) is 0. The topological polar surface area (TPSA) is 20.3 Å². The van der Waals surface area contributed by atoms with Crippen molar-refractivity contribution < 1.29 is 4.79 Å². The van der Waals surface area contributed by atoms with Crippen molar-refractivity contribution in [3.63, 3.8) is 0 Å². The largest absolute Gasteiger partial charge is 0.339 e. The third-order valence-electron chi connectivity index (χ3n) is 1.38. The molecular formula is C9H10INOS. The van der Waals surface area contributed by atoms with E-state index in [1.165, 1.54) is 15.3 Å². The van der Waals surface area contributed by atoms with Crippen molar-refractivity contribution in [3.05, 3.63) is 27.8 Å². The van der Waals surface area contributed by atoms with E-state index in [1.54, 1.807) is 19.0 Å². The molecule has 0 unspecified atom stereocenters. The summed E-state index contributed by atoms with van der Waals surface area (Å²) in [4.78, 5) is 13.8. The van der Waals surface area contributed by atoms with Gasteiger partial charge in [-0.3, -0.25) is 4.79 Å². The molecule has 0 spiro atoms. The summed E-state index contributed by atoms with van der Waals surface area (Å²) in [6, 6.07) is 7.89. The van der Waals surface area contributed by atoms with Crippen LogP contribution in [0.3, 0.4) is 0 Å². The zero-order valence-corrected chi connectivity index (χ0v) is 10.4. The second kappa shape index (κ2) is 4.85. The van der Waals surface area contributed by atoms with Crippen LogP contribution in [0.4, 0.5) is 4.79 Å². The van der Waals surface area contributed by atoms with Gasteiger partial charge in [0, 0.05) is 22.6 Å². The molecule has 13 heavy (non-hydrogen) atoms. The molecule has 0 radical (unpaired) electrons. The van der Waals surface area contributed by atoms with Gasteiger partial charge in [0.2, 0.25) is 0 Å². The van der Waals surface area contributed by atoms with Gasteiger partial charge < -0.3 is 4.90 Å². The smallest absolute Gasteiger partial charge is 0.285 e. The summed E-state index contributed by atoms with van der Waals surface area (Å²) in [5, 5.41) is 0.0567. The fourth-order valence-corrected chi connectivity index (χ4v) is 1.71. The maximum atomic E-state index is 11.3. The van der Waals surface area contributed by atoms with Gasteiger partial charge in [-0.1, -0.05) is 0 Å². The van der Waals surface area contributed by atoms with Gasteiger partial charge in [-0.2, -0.15) is 0 Å². The monoisotopic (exact) mass is 307 g/mol. The Labute approximate surface area is 95.8 Å². The van der Waals surface area contributed by atoms with Crippen molar-refractivity contribution in [2.45, 2.75) is 4.90 Å². The maximum absolute atomic E-state index is 11.3. The first-order valence-corrected chi connectivity index (χ1v) is 5.64. The van der Waals surface area contributed by atoms with Gasteiger partial charge in [-0.05, 0) is 58.6 Å². The Balaban J connectivity index is 2.65. The van der Waals surface area contributed by atoms with Crippen LogP contribution in [-0.4, -0.2) is 24.2 Å². The number of carbonyl (C=O) groups is 1. The van der Waals surface area contributed by atoms with Crippen LogP contribution in [0.25, 0.3) is 0 Å². The average molecular weight is 307 g/mol. The number of amides is 1. The zero-order chi connectivity index (χ0) is 9.84. The van der Waals surface area contributed by atoms with E-state index >= 15 is 0 Å². The summed E-state index contributed by atoms with van der Waals surface area (Å²) < 4.78 is 1.18. The molecule has 0 aliphatic heterocycles. The molecule has 0 fully saturated rings. The first-order chi connectivity index (χ1) is 6.09. The predicted octanol–water partition coefficient (Wildman–Crippen LogP) is 3.06.